The third-order valence-corrected chi connectivity index (χ3v) is 6.03. The number of fused-ring (bicyclic) bond motifs is 1. The average Bonchev–Trinajstić information content (AvgIpc) is 3.28. The largest absolute Gasteiger partial charge is 0.504 e. The van der Waals surface area contributed by atoms with Gasteiger partial charge in [-0.2, -0.15) is 0 Å². The van der Waals surface area contributed by atoms with Gasteiger partial charge in [-0.05, 0) is 42.5 Å². The number of carbonyl (C=O) groups is 1. The van der Waals surface area contributed by atoms with Gasteiger partial charge in [-0.15, -0.1) is 10.2 Å². The van der Waals surface area contributed by atoms with Crippen molar-refractivity contribution in [2.75, 3.05) is 12.4 Å². The summed E-state index contributed by atoms with van der Waals surface area (Å²) in [6, 6.07) is 21.0. The first-order valence-corrected chi connectivity index (χ1v) is 11.2. The average molecular weight is 461 g/mol. The minimum absolute atomic E-state index is 0.0695. The van der Waals surface area contributed by atoms with Crippen LogP contribution >= 0.6 is 11.8 Å². The summed E-state index contributed by atoms with van der Waals surface area (Å²) < 4.78 is 13.8. The molecule has 2 heterocycles. The van der Waals surface area contributed by atoms with Crippen molar-refractivity contribution in [2.24, 2.45) is 0 Å². The number of phenols is 2. The predicted molar refractivity (Wildman–Crippen MR) is 121 cm³/mol. The highest BCUT2D eigenvalue weighted by Gasteiger charge is 2.29. The normalized spacial score (nSPS) is 14.7. The van der Waals surface area contributed by atoms with E-state index in [0.717, 1.165) is 5.69 Å². The van der Waals surface area contributed by atoms with Crippen LogP contribution in [0.15, 0.2) is 78.0 Å². The van der Waals surface area contributed by atoms with E-state index in [2.05, 4.69) is 10.2 Å². The van der Waals surface area contributed by atoms with E-state index in [1.807, 2.05) is 59.2 Å². The lowest BCUT2D eigenvalue weighted by Gasteiger charge is -2.26. The van der Waals surface area contributed by atoms with Crippen LogP contribution in [0.1, 0.15) is 22.3 Å². The maximum absolute atomic E-state index is 12.7. The maximum atomic E-state index is 12.7. The van der Waals surface area contributed by atoms with Crippen LogP contribution in [0.3, 0.4) is 0 Å². The number of hydrogen-bond acceptors (Lipinski definition) is 8. The topological polar surface area (TPSA) is 107 Å². The molecule has 4 aromatic rings. The molecule has 33 heavy (non-hydrogen) atoms. The Morgan fingerprint density at radius 3 is 2.52 bits per heavy atom. The van der Waals surface area contributed by atoms with Gasteiger partial charge in [0.05, 0.1) is 5.75 Å². The van der Waals surface area contributed by atoms with Crippen LogP contribution in [0.2, 0.25) is 0 Å². The predicted octanol–water partition coefficient (Wildman–Crippen LogP) is 4.17. The lowest BCUT2D eigenvalue weighted by atomic mass is 10.1. The highest BCUT2D eigenvalue weighted by atomic mass is 32.2. The monoisotopic (exact) mass is 461 g/mol. The number of hydrogen-bond donors (Lipinski definition) is 2. The Morgan fingerprint density at radius 1 is 0.970 bits per heavy atom. The molecule has 0 saturated carbocycles. The number of benzene rings is 3. The van der Waals surface area contributed by atoms with Gasteiger partial charge in [-0.1, -0.05) is 42.1 Å². The highest BCUT2D eigenvalue weighted by Crippen LogP contribution is 2.37. The highest BCUT2D eigenvalue weighted by molar-refractivity contribution is 7.99. The summed E-state index contributed by atoms with van der Waals surface area (Å²) in [5.41, 5.74) is 1.13. The molecule has 0 bridgehead atoms. The van der Waals surface area contributed by atoms with Crippen LogP contribution in [-0.4, -0.2) is 43.1 Å². The molecule has 1 aliphatic rings. The summed E-state index contributed by atoms with van der Waals surface area (Å²) in [7, 11) is 0. The molecule has 1 aromatic heterocycles. The molecule has 8 nitrogen and oxygen atoms in total. The Bertz CT molecular complexity index is 1310. The minimum atomic E-state index is -0.480. The zero-order valence-electron chi connectivity index (χ0n) is 17.3. The first-order valence-electron chi connectivity index (χ1n) is 10.2. The SMILES string of the molecule is O=C(CSc1nnc([C@@H]2COc3ccccc3O2)n1-c1ccccc1)c1ccc(O)c(O)c1. The number of rotatable bonds is 6. The fraction of sp³-hybridized carbons (Fsp3) is 0.125. The first-order chi connectivity index (χ1) is 16.1. The number of ether oxygens (including phenoxy) is 2. The van der Waals surface area contributed by atoms with Gasteiger partial charge >= 0.3 is 0 Å². The fourth-order valence-electron chi connectivity index (χ4n) is 3.46. The summed E-state index contributed by atoms with van der Waals surface area (Å²) in [4.78, 5) is 12.7. The summed E-state index contributed by atoms with van der Waals surface area (Å²) >= 11 is 1.22. The third-order valence-electron chi connectivity index (χ3n) is 5.10. The summed E-state index contributed by atoms with van der Waals surface area (Å²) in [6.07, 6.45) is -0.480. The van der Waals surface area contributed by atoms with Crippen molar-refractivity contribution in [3.8, 4) is 28.7 Å². The zero-order valence-corrected chi connectivity index (χ0v) is 18.1. The zero-order chi connectivity index (χ0) is 22.8. The molecular weight excluding hydrogens is 442 g/mol. The van der Waals surface area contributed by atoms with Gasteiger partial charge in [-0.3, -0.25) is 9.36 Å². The van der Waals surface area contributed by atoms with E-state index < -0.39 is 6.10 Å². The second kappa shape index (κ2) is 8.87. The molecule has 0 fully saturated rings. The Balaban J connectivity index is 1.43. The third kappa shape index (κ3) is 4.22. The molecule has 0 saturated heterocycles. The molecule has 166 valence electrons. The fourth-order valence-corrected chi connectivity index (χ4v) is 4.31. The van der Waals surface area contributed by atoms with Crippen molar-refractivity contribution >= 4 is 17.5 Å². The molecule has 1 atom stereocenters. The van der Waals surface area contributed by atoms with E-state index in [1.165, 1.54) is 30.0 Å². The van der Waals surface area contributed by atoms with E-state index in [1.54, 1.807) is 0 Å². The van der Waals surface area contributed by atoms with Crippen LogP contribution in [0.25, 0.3) is 5.69 Å². The molecule has 9 heteroatoms. The number of thioether (sulfide) groups is 1. The van der Waals surface area contributed by atoms with E-state index in [4.69, 9.17) is 9.47 Å². The Morgan fingerprint density at radius 2 is 1.73 bits per heavy atom. The molecule has 0 unspecified atom stereocenters. The molecule has 1 aliphatic heterocycles. The van der Waals surface area contributed by atoms with Gasteiger partial charge in [0.15, 0.2) is 45.9 Å². The van der Waals surface area contributed by atoms with Crippen LogP contribution in [0.5, 0.6) is 23.0 Å². The van der Waals surface area contributed by atoms with E-state index in [-0.39, 0.29) is 29.6 Å². The second-order valence-electron chi connectivity index (χ2n) is 7.29. The molecule has 3 aromatic carbocycles. The molecule has 0 aliphatic carbocycles. The Labute approximate surface area is 193 Å². The molecular formula is C24H19N3O5S. The van der Waals surface area contributed by atoms with Crippen molar-refractivity contribution in [1.29, 1.82) is 0 Å². The van der Waals surface area contributed by atoms with E-state index in [9.17, 15) is 15.0 Å². The number of phenolic OH excluding ortho intramolecular Hbond substituents is 2. The number of aromatic nitrogens is 3. The van der Waals surface area contributed by atoms with Crippen molar-refractivity contribution in [3.63, 3.8) is 0 Å². The molecule has 0 radical (unpaired) electrons. The van der Waals surface area contributed by atoms with E-state index in [0.29, 0.717) is 28.0 Å². The van der Waals surface area contributed by atoms with Crippen molar-refractivity contribution in [1.82, 2.24) is 14.8 Å². The minimum Gasteiger partial charge on any atom is -0.504 e. The quantitative estimate of drug-likeness (QED) is 0.250. The lowest BCUT2D eigenvalue weighted by molar-refractivity contribution is 0.0835. The molecule has 2 N–H and O–H groups in total. The Hall–Kier alpha value is -3.98. The second-order valence-corrected chi connectivity index (χ2v) is 8.23. The molecule has 5 rings (SSSR count). The van der Waals surface area contributed by atoms with Crippen LogP contribution in [-0.2, 0) is 0 Å². The number of para-hydroxylation sites is 3. The van der Waals surface area contributed by atoms with Gasteiger partial charge in [0, 0.05) is 11.3 Å². The maximum Gasteiger partial charge on any atom is 0.196 e. The van der Waals surface area contributed by atoms with Gasteiger partial charge in [-0.25, -0.2) is 0 Å². The van der Waals surface area contributed by atoms with Crippen LogP contribution in [0.4, 0.5) is 0 Å². The number of aromatic hydroxyl groups is 2. The van der Waals surface area contributed by atoms with Gasteiger partial charge in [0.1, 0.15) is 6.61 Å². The van der Waals surface area contributed by atoms with Crippen molar-refractivity contribution < 1.29 is 24.5 Å². The Kier molecular flexibility index (Phi) is 5.62. The summed E-state index contributed by atoms with van der Waals surface area (Å²) in [5, 5.41) is 28.4. The molecule has 0 amide bonds. The summed E-state index contributed by atoms with van der Waals surface area (Å²) in [5.74, 6) is 1.11. The standard InChI is InChI=1S/C24H19N3O5S/c28-17-11-10-15(12-18(17)29)19(30)14-33-24-26-25-23(27(24)16-6-2-1-3-7-16)22-13-31-20-8-4-5-9-21(20)32-22/h1-12,22,28-29H,13-14H2/t22-/m0/s1. The van der Waals surface area contributed by atoms with Crippen LogP contribution in [0, 0.1) is 0 Å². The number of Topliss-reactive ketones (excluding diaryl/α,β-unsaturated/α-hetero) is 1. The lowest BCUT2D eigenvalue weighted by Crippen LogP contribution is -2.24. The van der Waals surface area contributed by atoms with Crippen molar-refractivity contribution in [2.45, 2.75) is 11.3 Å². The number of ketones is 1. The van der Waals surface area contributed by atoms with Crippen molar-refractivity contribution in [3.05, 3.63) is 84.2 Å². The van der Waals surface area contributed by atoms with Gasteiger partial charge in [0.25, 0.3) is 0 Å². The smallest absolute Gasteiger partial charge is 0.196 e. The molecule has 0 spiro atoms. The van der Waals surface area contributed by atoms with E-state index >= 15 is 0 Å². The number of carbonyl (C=O) groups excluding carboxylic acids is 1. The van der Waals surface area contributed by atoms with Crippen LogP contribution < -0.4 is 9.47 Å². The van der Waals surface area contributed by atoms with Gasteiger partial charge < -0.3 is 19.7 Å². The summed E-state index contributed by atoms with van der Waals surface area (Å²) in [6.45, 7) is 0.276. The number of nitrogens with zero attached hydrogens (tertiary/aromatic N) is 3. The first kappa shape index (κ1) is 20.9. The van der Waals surface area contributed by atoms with Gasteiger partial charge in [0.2, 0.25) is 0 Å².